The van der Waals surface area contributed by atoms with Gasteiger partial charge in [0.15, 0.2) is 0 Å². The van der Waals surface area contributed by atoms with Gasteiger partial charge in [0.1, 0.15) is 0 Å². The number of pyridine rings is 1. The Bertz CT molecular complexity index is 770. The van der Waals surface area contributed by atoms with Gasteiger partial charge in [0.05, 0.1) is 11.3 Å². The van der Waals surface area contributed by atoms with Gasteiger partial charge < -0.3 is 15.1 Å². The van der Waals surface area contributed by atoms with Gasteiger partial charge in [-0.05, 0) is 18.6 Å². The largest absolute Gasteiger partial charge is 0.377 e. The molecular weight excluding hydrogens is 328 g/mol. The summed E-state index contributed by atoms with van der Waals surface area (Å²) in [5.41, 5.74) is 2.55. The number of carbonyl (C=O) groups is 2. The van der Waals surface area contributed by atoms with E-state index in [1.165, 1.54) is 5.56 Å². The smallest absolute Gasteiger partial charge is 0.255 e. The maximum absolute atomic E-state index is 12.7. The fourth-order valence-corrected chi connectivity index (χ4v) is 3.12. The van der Waals surface area contributed by atoms with Crippen LogP contribution in [0.15, 0.2) is 48.8 Å². The van der Waals surface area contributed by atoms with E-state index in [2.05, 4.69) is 29.4 Å². The van der Waals surface area contributed by atoms with Gasteiger partial charge in [0, 0.05) is 51.5 Å². The van der Waals surface area contributed by atoms with Crippen LogP contribution in [0.3, 0.4) is 0 Å². The monoisotopic (exact) mass is 352 g/mol. The number of rotatable bonds is 4. The van der Waals surface area contributed by atoms with E-state index >= 15 is 0 Å². The van der Waals surface area contributed by atoms with Crippen molar-refractivity contribution in [3.63, 3.8) is 0 Å². The second-order valence-corrected chi connectivity index (χ2v) is 6.54. The predicted octanol–water partition coefficient (Wildman–Crippen LogP) is 2.56. The second-order valence-electron chi connectivity index (χ2n) is 6.54. The molecule has 6 nitrogen and oxygen atoms in total. The fourth-order valence-electron chi connectivity index (χ4n) is 3.12. The molecule has 0 radical (unpaired) electrons. The molecule has 0 aliphatic carbocycles. The lowest BCUT2D eigenvalue weighted by Crippen LogP contribution is -2.50. The van der Waals surface area contributed by atoms with Crippen LogP contribution in [0.4, 0.5) is 5.69 Å². The molecule has 1 aliphatic heterocycles. The lowest BCUT2D eigenvalue weighted by Gasteiger charge is -2.34. The molecule has 0 saturated carbocycles. The van der Waals surface area contributed by atoms with Crippen molar-refractivity contribution in [2.24, 2.45) is 0 Å². The van der Waals surface area contributed by atoms with Crippen LogP contribution in [0.25, 0.3) is 0 Å². The molecule has 136 valence electrons. The van der Waals surface area contributed by atoms with E-state index in [-0.39, 0.29) is 17.9 Å². The van der Waals surface area contributed by atoms with Gasteiger partial charge in [0.2, 0.25) is 5.91 Å². The van der Waals surface area contributed by atoms with E-state index in [0.717, 1.165) is 5.69 Å². The molecule has 1 atom stereocenters. The third-order valence-electron chi connectivity index (χ3n) is 4.68. The third-order valence-corrected chi connectivity index (χ3v) is 4.68. The first-order valence-electron chi connectivity index (χ1n) is 8.86. The highest BCUT2D eigenvalue weighted by molar-refractivity contribution is 5.95. The summed E-state index contributed by atoms with van der Waals surface area (Å²) in [4.78, 5) is 31.9. The third kappa shape index (κ3) is 4.20. The van der Waals surface area contributed by atoms with Gasteiger partial charge in [0.25, 0.3) is 5.91 Å². The van der Waals surface area contributed by atoms with Crippen molar-refractivity contribution in [3.05, 3.63) is 59.9 Å². The molecule has 2 heterocycles. The number of benzene rings is 1. The molecule has 3 rings (SSSR count). The second kappa shape index (κ2) is 7.99. The molecule has 1 aromatic carbocycles. The first-order valence-corrected chi connectivity index (χ1v) is 8.86. The number of anilines is 1. The Kier molecular flexibility index (Phi) is 5.51. The van der Waals surface area contributed by atoms with E-state index in [1.54, 1.807) is 29.1 Å². The summed E-state index contributed by atoms with van der Waals surface area (Å²) in [5, 5.41) is 3.39. The van der Waals surface area contributed by atoms with Crippen molar-refractivity contribution in [1.29, 1.82) is 0 Å². The Labute approximate surface area is 153 Å². The zero-order chi connectivity index (χ0) is 18.5. The van der Waals surface area contributed by atoms with Crippen molar-refractivity contribution in [2.75, 3.05) is 31.5 Å². The first kappa shape index (κ1) is 17.9. The van der Waals surface area contributed by atoms with Crippen molar-refractivity contribution in [2.45, 2.75) is 19.9 Å². The van der Waals surface area contributed by atoms with Crippen LogP contribution < -0.4 is 5.32 Å². The van der Waals surface area contributed by atoms with Crippen molar-refractivity contribution >= 4 is 17.5 Å². The van der Waals surface area contributed by atoms with Crippen molar-refractivity contribution < 1.29 is 9.59 Å². The van der Waals surface area contributed by atoms with Gasteiger partial charge in [-0.1, -0.05) is 30.3 Å². The Balaban J connectivity index is 1.65. The van der Waals surface area contributed by atoms with E-state index in [4.69, 9.17) is 0 Å². The van der Waals surface area contributed by atoms with Crippen LogP contribution in [0, 0.1) is 0 Å². The number of piperazine rings is 1. The van der Waals surface area contributed by atoms with Crippen LogP contribution in [-0.2, 0) is 4.79 Å². The van der Waals surface area contributed by atoms with Crippen LogP contribution in [0.1, 0.15) is 35.8 Å². The molecule has 1 fully saturated rings. The maximum atomic E-state index is 12.7. The summed E-state index contributed by atoms with van der Waals surface area (Å²) in [6.45, 7) is 5.90. The minimum atomic E-state index is -0.0447. The lowest BCUT2D eigenvalue weighted by molar-refractivity contribution is -0.130. The summed E-state index contributed by atoms with van der Waals surface area (Å²) < 4.78 is 0. The molecule has 26 heavy (non-hydrogen) atoms. The van der Waals surface area contributed by atoms with Crippen molar-refractivity contribution in [3.8, 4) is 0 Å². The van der Waals surface area contributed by atoms with E-state index in [9.17, 15) is 9.59 Å². The number of nitrogens with one attached hydrogen (secondary N) is 1. The van der Waals surface area contributed by atoms with Gasteiger partial charge >= 0.3 is 0 Å². The first-order chi connectivity index (χ1) is 12.5. The molecule has 2 aromatic rings. The molecule has 1 saturated heterocycles. The molecule has 0 spiro atoms. The molecule has 1 unspecified atom stereocenters. The zero-order valence-corrected chi connectivity index (χ0v) is 15.2. The average molecular weight is 352 g/mol. The molecule has 1 aliphatic rings. The van der Waals surface area contributed by atoms with Gasteiger partial charge in [-0.25, -0.2) is 0 Å². The number of nitrogens with zero attached hydrogens (tertiary/aromatic N) is 3. The number of hydrogen-bond donors (Lipinski definition) is 1. The summed E-state index contributed by atoms with van der Waals surface area (Å²) in [7, 11) is 0. The summed E-state index contributed by atoms with van der Waals surface area (Å²) in [6.07, 6.45) is 3.32. The Hall–Kier alpha value is -2.89. The SMILES string of the molecule is CC(=O)N1CCN(C(=O)c2cncc(NC(C)c3ccccc3)c2)CC1. The van der Waals surface area contributed by atoms with Crippen molar-refractivity contribution in [1.82, 2.24) is 14.8 Å². The van der Waals surface area contributed by atoms with Gasteiger partial charge in [-0.2, -0.15) is 0 Å². The lowest BCUT2D eigenvalue weighted by atomic mass is 10.1. The quantitative estimate of drug-likeness (QED) is 0.918. The van der Waals surface area contributed by atoms with Crippen LogP contribution >= 0.6 is 0 Å². The molecular formula is C20H24N4O2. The van der Waals surface area contributed by atoms with Gasteiger partial charge in [-0.15, -0.1) is 0 Å². The van der Waals surface area contributed by atoms with E-state index in [1.807, 2.05) is 24.3 Å². The topological polar surface area (TPSA) is 65.5 Å². The number of aromatic nitrogens is 1. The minimum Gasteiger partial charge on any atom is -0.377 e. The summed E-state index contributed by atoms with van der Waals surface area (Å²) >= 11 is 0. The minimum absolute atomic E-state index is 0.0447. The number of carbonyl (C=O) groups excluding carboxylic acids is 2. The zero-order valence-electron chi connectivity index (χ0n) is 15.2. The predicted molar refractivity (Wildman–Crippen MR) is 101 cm³/mol. The highest BCUT2D eigenvalue weighted by atomic mass is 16.2. The highest BCUT2D eigenvalue weighted by Gasteiger charge is 2.23. The Morgan fingerprint density at radius 1 is 1.04 bits per heavy atom. The summed E-state index contributed by atoms with van der Waals surface area (Å²) in [6, 6.07) is 12.1. The number of hydrogen-bond acceptors (Lipinski definition) is 4. The maximum Gasteiger partial charge on any atom is 0.255 e. The molecule has 1 aromatic heterocycles. The molecule has 6 heteroatoms. The van der Waals surface area contributed by atoms with Crippen LogP contribution in [0.5, 0.6) is 0 Å². The van der Waals surface area contributed by atoms with E-state index < -0.39 is 0 Å². The molecule has 2 amide bonds. The van der Waals surface area contributed by atoms with Crippen LogP contribution in [0.2, 0.25) is 0 Å². The normalized spacial score (nSPS) is 15.5. The van der Waals surface area contributed by atoms with Crippen LogP contribution in [-0.4, -0.2) is 52.8 Å². The average Bonchev–Trinajstić information content (AvgIpc) is 2.68. The number of amides is 2. The molecule has 1 N–H and O–H groups in total. The van der Waals surface area contributed by atoms with E-state index in [0.29, 0.717) is 31.7 Å². The fraction of sp³-hybridized carbons (Fsp3) is 0.350. The standard InChI is InChI=1S/C20H24N4O2/c1-15(17-6-4-3-5-7-17)22-19-12-18(13-21-14-19)20(26)24-10-8-23(9-11-24)16(2)25/h3-7,12-15,22H,8-11H2,1-2H3. The summed E-state index contributed by atoms with van der Waals surface area (Å²) in [5.74, 6) is 0.0107. The highest BCUT2D eigenvalue weighted by Crippen LogP contribution is 2.20. The van der Waals surface area contributed by atoms with Gasteiger partial charge in [-0.3, -0.25) is 14.6 Å². The molecule has 0 bridgehead atoms. The Morgan fingerprint density at radius 2 is 1.69 bits per heavy atom. The Morgan fingerprint density at radius 3 is 2.35 bits per heavy atom.